The number of carbonyl (C=O) groups is 2. The number of amides is 2. The number of ether oxygens (including phenoxy) is 1. The monoisotopic (exact) mass is 536 g/mol. The van der Waals surface area contributed by atoms with Crippen LogP contribution in [-0.4, -0.2) is 61.8 Å². The summed E-state index contributed by atoms with van der Waals surface area (Å²) in [4.78, 5) is 41.4. The molecule has 10 nitrogen and oxygen atoms in total. The molecule has 4 rings (SSSR count). The van der Waals surface area contributed by atoms with Gasteiger partial charge in [-0.1, -0.05) is 0 Å². The average molecular weight is 537 g/mol. The highest BCUT2D eigenvalue weighted by Crippen LogP contribution is 2.35. The first-order valence-corrected chi connectivity index (χ1v) is 13.7. The lowest BCUT2D eigenvalue weighted by Crippen LogP contribution is -2.41. The van der Waals surface area contributed by atoms with Gasteiger partial charge in [-0.3, -0.25) is 14.4 Å². The number of aromatic nitrogens is 2. The number of carbonyl (C=O) groups excluding carboxylic acids is 2. The standard InChI is InChI=1S/C23H25FN4O6S2/c1-28-6-5-13(9-20(28)30)15-10-17-18(11-16(15)24)35-23(27-17)21(36(32,33)8-7-34-2)22(31)25-12-19(29)26-14-3-4-14/h5-6,9-11,14,21H,3-4,7-8,12H2,1-2H3,(H,25,31)(H,26,29). The van der Waals surface area contributed by atoms with Crippen molar-refractivity contribution in [3.8, 4) is 11.1 Å². The molecule has 2 aromatic heterocycles. The summed E-state index contributed by atoms with van der Waals surface area (Å²) in [6, 6.07) is 5.57. The Morgan fingerprint density at radius 3 is 2.72 bits per heavy atom. The third-order valence-corrected chi connectivity index (χ3v) is 8.79. The van der Waals surface area contributed by atoms with Crippen LogP contribution in [0.2, 0.25) is 0 Å². The van der Waals surface area contributed by atoms with Crippen molar-refractivity contribution >= 4 is 43.2 Å². The number of benzene rings is 1. The third kappa shape index (κ3) is 5.79. The molecule has 0 spiro atoms. The summed E-state index contributed by atoms with van der Waals surface area (Å²) in [5.74, 6) is -2.38. The van der Waals surface area contributed by atoms with E-state index in [9.17, 15) is 27.2 Å². The van der Waals surface area contributed by atoms with E-state index in [0.29, 0.717) is 10.3 Å². The van der Waals surface area contributed by atoms with Gasteiger partial charge in [0.05, 0.1) is 29.1 Å². The molecular weight excluding hydrogens is 511 g/mol. The molecule has 1 aromatic carbocycles. The van der Waals surface area contributed by atoms with E-state index in [1.165, 1.54) is 36.1 Å². The SMILES string of the molecule is COCCS(=O)(=O)C(C(=O)NCC(=O)NC1CC1)c1nc2cc(-c3ccn(C)c(=O)c3)c(F)cc2s1. The van der Waals surface area contributed by atoms with Gasteiger partial charge in [0.2, 0.25) is 11.8 Å². The van der Waals surface area contributed by atoms with Crippen molar-refractivity contribution in [1.82, 2.24) is 20.2 Å². The first kappa shape index (κ1) is 25.9. The van der Waals surface area contributed by atoms with Crippen LogP contribution >= 0.6 is 11.3 Å². The zero-order valence-electron chi connectivity index (χ0n) is 19.6. The van der Waals surface area contributed by atoms with Crippen LogP contribution in [-0.2, 0) is 31.2 Å². The van der Waals surface area contributed by atoms with Gasteiger partial charge in [-0.05, 0) is 36.6 Å². The lowest BCUT2D eigenvalue weighted by atomic mass is 10.1. The minimum Gasteiger partial charge on any atom is -0.384 e. The smallest absolute Gasteiger partial charge is 0.250 e. The molecule has 0 aliphatic heterocycles. The van der Waals surface area contributed by atoms with E-state index in [4.69, 9.17) is 4.74 Å². The number of sulfone groups is 1. The van der Waals surface area contributed by atoms with Crippen molar-refractivity contribution in [3.05, 3.63) is 51.6 Å². The molecule has 1 saturated carbocycles. The molecule has 0 bridgehead atoms. The Hall–Kier alpha value is -3.16. The molecule has 0 radical (unpaired) electrons. The number of aryl methyl sites for hydroxylation is 1. The zero-order valence-corrected chi connectivity index (χ0v) is 21.2. The second-order valence-corrected chi connectivity index (χ2v) is 11.8. The van der Waals surface area contributed by atoms with Crippen molar-refractivity contribution in [2.24, 2.45) is 7.05 Å². The number of nitrogens with zero attached hydrogens (tertiary/aromatic N) is 2. The van der Waals surface area contributed by atoms with Gasteiger partial charge in [-0.25, -0.2) is 17.8 Å². The number of methoxy groups -OCH3 is 1. The van der Waals surface area contributed by atoms with Gasteiger partial charge >= 0.3 is 0 Å². The van der Waals surface area contributed by atoms with E-state index < -0.39 is 38.5 Å². The van der Waals surface area contributed by atoms with E-state index >= 15 is 0 Å². The molecule has 192 valence electrons. The van der Waals surface area contributed by atoms with Crippen LogP contribution in [0.25, 0.3) is 21.3 Å². The predicted molar refractivity (Wildman–Crippen MR) is 133 cm³/mol. The van der Waals surface area contributed by atoms with Gasteiger partial charge in [-0.2, -0.15) is 0 Å². The number of halogens is 1. The zero-order chi connectivity index (χ0) is 26.0. The molecule has 2 amide bonds. The molecule has 1 aliphatic carbocycles. The normalized spacial score (nSPS) is 14.5. The summed E-state index contributed by atoms with van der Waals surface area (Å²) in [5.41, 5.74) is 0.420. The summed E-state index contributed by atoms with van der Waals surface area (Å²) in [7, 11) is -1.17. The second kappa shape index (κ2) is 10.4. The van der Waals surface area contributed by atoms with Gasteiger partial charge in [0, 0.05) is 38.0 Å². The van der Waals surface area contributed by atoms with E-state index in [-0.39, 0.29) is 40.8 Å². The molecule has 1 atom stereocenters. The molecule has 2 heterocycles. The topological polar surface area (TPSA) is 136 Å². The van der Waals surface area contributed by atoms with E-state index in [1.807, 2.05) is 0 Å². The maximum Gasteiger partial charge on any atom is 0.250 e. The maximum absolute atomic E-state index is 14.9. The molecule has 1 aliphatic rings. The number of thiazole rings is 1. The highest BCUT2D eigenvalue weighted by Gasteiger charge is 2.37. The van der Waals surface area contributed by atoms with Crippen molar-refractivity contribution < 1.29 is 27.1 Å². The van der Waals surface area contributed by atoms with Gasteiger partial charge in [-0.15, -0.1) is 11.3 Å². The highest BCUT2D eigenvalue weighted by atomic mass is 32.2. The summed E-state index contributed by atoms with van der Waals surface area (Å²) >= 11 is 0.874. The molecular formula is C23H25FN4O6S2. The van der Waals surface area contributed by atoms with Crippen LogP contribution in [0.15, 0.2) is 35.3 Å². The van der Waals surface area contributed by atoms with Crippen LogP contribution in [0.1, 0.15) is 23.1 Å². The van der Waals surface area contributed by atoms with Crippen LogP contribution in [0, 0.1) is 5.82 Å². The lowest BCUT2D eigenvalue weighted by Gasteiger charge is -2.15. The fourth-order valence-corrected chi connectivity index (χ4v) is 6.47. The average Bonchev–Trinajstić information content (AvgIpc) is 3.55. The molecule has 3 aromatic rings. The van der Waals surface area contributed by atoms with Crippen molar-refractivity contribution in [2.75, 3.05) is 26.0 Å². The first-order chi connectivity index (χ1) is 17.1. The number of rotatable bonds is 10. The first-order valence-electron chi connectivity index (χ1n) is 11.1. The minimum atomic E-state index is -4.08. The predicted octanol–water partition coefficient (Wildman–Crippen LogP) is 1.30. The largest absolute Gasteiger partial charge is 0.384 e. The van der Waals surface area contributed by atoms with Gasteiger partial charge < -0.3 is 19.9 Å². The summed E-state index contributed by atoms with van der Waals surface area (Å²) in [6.07, 6.45) is 3.25. The molecule has 1 unspecified atom stereocenters. The molecule has 0 saturated heterocycles. The highest BCUT2D eigenvalue weighted by molar-refractivity contribution is 7.92. The molecule has 2 N–H and O–H groups in total. The lowest BCUT2D eigenvalue weighted by molar-refractivity contribution is -0.126. The van der Waals surface area contributed by atoms with E-state index in [1.54, 1.807) is 13.1 Å². The van der Waals surface area contributed by atoms with Crippen molar-refractivity contribution in [2.45, 2.75) is 24.1 Å². The van der Waals surface area contributed by atoms with Crippen molar-refractivity contribution in [1.29, 1.82) is 0 Å². The number of hydrogen-bond donors (Lipinski definition) is 2. The van der Waals surface area contributed by atoms with Crippen LogP contribution in [0.4, 0.5) is 4.39 Å². The third-order valence-electron chi connectivity index (χ3n) is 5.67. The Bertz CT molecular complexity index is 1480. The number of pyridine rings is 1. The van der Waals surface area contributed by atoms with Crippen molar-refractivity contribution in [3.63, 3.8) is 0 Å². The summed E-state index contributed by atoms with van der Waals surface area (Å²) in [5, 5.41) is 3.35. The van der Waals surface area contributed by atoms with Crippen LogP contribution < -0.4 is 16.2 Å². The molecule has 13 heteroatoms. The molecule has 36 heavy (non-hydrogen) atoms. The Morgan fingerprint density at radius 1 is 1.31 bits per heavy atom. The quantitative estimate of drug-likeness (QED) is 0.399. The minimum absolute atomic E-state index is 0.0540. The van der Waals surface area contributed by atoms with Gasteiger partial charge in [0.25, 0.3) is 5.56 Å². The second-order valence-electron chi connectivity index (χ2n) is 8.52. The Morgan fingerprint density at radius 2 is 2.06 bits per heavy atom. The summed E-state index contributed by atoms with van der Waals surface area (Å²) < 4.78 is 47.7. The summed E-state index contributed by atoms with van der Waals surface area (Å²) in [6.45, 7) is -0.515. The van der Waals surface area contributed by atoms with Crippen LogP contribution in [0.5, 0.6) is 0 Å². The number of hydrogen-bond acceptors (Lipinski definition) is 8. The Kier molecular flexibility index (Phi) is 7.52. The van der Waals surface area contributed by atoms with Gasteiger partial charge in [0.15, 0.2) is 15.1 Å². The van der Waals surface area contributed by atoms with Gasteiger partial charge in [0.1, 0.15) is 10.8 Å². The fraction of sp³-hybridized carbons (Fsp3) is 0.391. The number of nitrogens with one attached hydrogen (secondary N) is 2. The fourth-order valence-electron chi connectivity index (χ4n) is 3.53. The van der Waals surface area contributed by atoms with E-state index in [2.05, 4.69) is 15.6 Å². The Balaban J connectivity index is 1.68. The maximum atomic E-state index is 14.9. The molecule has 1 fully saturated rings. The number of fused-ring (bicyclic) bond motifs is 1. The van der Waals surface area contributed by atoms with Crippen LogP contribution in [0.3, 0.4) is 0 Å². The van der Waals surface area contributed by atoms with E-state index in [0.717, 1.165) is 24.2 Å². The Labute approximate surface area is 210 Å².